The second-order valence-corrected chi connectivity index (χ2v) is 10.2. The van der Waals surface area contributed by atoms with E-state index in [1.165, 1.54) is 17.4 Å². The fourth-order valence-corrected chi connectivity index (χ4v) is 6.10. The number of rotatable bonds is 6. The van der Waals surface area contributed by atoms with E-state index in [1.54, 1.807) is 29.4 Å². The zero-order valence-electron chi connectivity index (χ0n) is 20.3. The summed E-state index contributed by atoms with van der Waals surface area (Å²) in [7, 11) is 0. The van der Waals surface area contributed by atoms with E-state index in [9.17, 15) is 14.4 Å². The highest BCUT2D eigenvalue weighted by Gasteiger charge is 2.34. The highest BCUT2D eigenvalue weighted by molar-refractivity contribution is 7.21. The number of aromatic nitrogens is 2. The number of nitrogens with one attached hydrogen (secondary N) is 3. The summed E-state index contributed by atoms with van der Waals surface area (Å²) in [4.78, 5) is 50.0. The molecule has 1 saturated carbocycles. The quantitative estimate of drug-likeness (QED) is 0.307. The Bertz CT molecular complexity index is 1580. The largest absolute Gasteiger partial charge is 0.350 e. The molecule has 3 aromatic heterocycles. The van der Waals surface area contributed by atoms with Gasteiger partial charge < -0.3 is 16.0 Å². The third-order valence-electron chi connectivity index (χ3n) is 6.82. The van der Waals surface area contributed by atoms with Gasteiger partial charge in [-0.3, -0.25) is 19.5 Å². The Hall–Kier alpha value is -4.57. The van der Waals surface area contributed by atoms with Gasteiger partial charge in [0.15, 0.2) is 0 Å². The molecule has 1 aliphatic carbocycles. The van der Waals surface area contributed by atoms with Crippen LogP contribution >= 0.6 is 11.3 Å². The van der Waals surface area contributed by atoms with Crippen LogP contribution in [0.2, 0.25) is 0 Å². The number of benzene rings is 1. The van der Waals surface area contributed by atoms with Crippen LogP contribution in [0.3, 0.4) is 0 Å². The molecule has 190 valence electrons. The van der Waals surface area contributed by atoms with Gasteiger partial charge in [-0.25, -0.2) is 9.78 Å². The Balaban J connectivity index is 1.30. The van der Waals surface area contributed by atoms with E-state index < -0.39 is 0 Å². The highest BCUT2D eigenvalue weighted by atomic mass is 32.1. The van der Waals surface area contributed by atoms with E-state index in [0.717, 1.165) is 29.5 Å². The molecular formula is C28H24N6O3S. The van der Waals surface area contributed by atoms with Crippen LogP contribution in [0.5, 0.6) is 0 Å². The third kappa shape index (κ3) is 4.28. The molecule has 2 aliphatic rings. The van der Waals surface area contributed by atoms with Gasteiger partial charge in [-0.2, -0.15) is 0 Å². The van der Waals surface area contributed by atoms with Crippen molar-refractivity contribution in [1.29, 1.82) is 0 Å². The number of hydrogen-bond acceptors (Lipinski definition) is 6. The highest BCUT2D eigenvalue weighted by Crippen LogP contribution is 2.46. The average molecular weight is 525 g/mol. The van der Waals surface area contributed by atoms with Crippen LogP contribution in [0.15, 0.2) is 73.6 Å². The molecule has 38 heavy (non-hydrogen) atoms. The predicted molar refractivity (Wildman–Crippen MR) is 148 cm³/mol. The number of amides is 4. The molecule has 10 heteroatoms. The van der Waals surface area contributed by atoms with Gasteiger partial charge in [0, 0.05) is 30.0 Å². The Morgan fingerprint density at radius 2 is 1.82 bits per heavy atom. The fraction of sp³-hybridized carbons (Fsp3) is 0.179. The molecule has 4 amide bonds. The molecule has 0 saturated heterocycles. The minimum absolute atomic E-state index is 0.00534. The van der Waals surface area contributed by atoms with Gasteiger partial charge in [-0.1, -0.05) is 36.9 Å². The van der Waals surface area contributed by atoms with Crippen LogP contribution in [0, 0.1) is 0 Å². The van der Waals surface area contributed by atoms with Crippen LogP contribution in [0.25, 0.3) is 21.5 Å². The first-order chi connectivity index (χ1) is 18.5. The second kappa shape index (κ2) is 9.71. The topological polar surface area (TPSA) is 116 Å². The van der Waals surface area contributed by atoms with Gasteiger partial charge in [0.1, 0.15) is 9.71 Å². The maximum Gasteiger partial charge on any atom is 0.331 e. The molecule has 1 aliphatic heterocycles. The Labute approximate surface area is 222 Å². The minimum atomic E-state index is -0.365. The molecule has 4 heterocycles. The van der Waals surface area contributed by atoms with Crippen molar-refractivity contribution < 1.29 is 14.4 Å². The first-order valence-electron chi connectivity index (χ1n) is 12.3. The van der Waals surface area contributed by atoms with Crippen molar-refractivity contribution in [3.63, 3.8) is 0 Å². The van der Waals surface area contributed by atoms with Crippen molar-refractivity contribution >= 4 is 56.5 Å². The van der Waals surface area contributed by atoms with E-state index in [-0.39, 0.29) is 29.9 Å². The molecule has 4 aromatic rings. The number of carbonyl (C=O) groups is 3. The van der Waals surface area contributed by atoms with Gasteiger partial charge in [-0.05, 0) is 43.5 Å². The summed E-state index contributed by atoms with van der Waals surface area (Å²) in [6.07, 6.45) is 6.74. The van der Waals surface area contributed by atoms with Crippen LogP contribution in [-0.4, -0.2) is 39.9 Å². The van der Waals surface area contributed by atoms with E-state index in [2.05, 4.69) is 32.5 Å². The van der Waals surface area contributed by atoms with Gasteiger partial charge in [0.2, 0.25) is 5.91 Å². The summed E-state index contributed by atoms with van der Waals surface area (Å²) in [5.74, 6) is -0.481. The van der Waals surface area contributed by atoms with Gasteiger partial charge in [0.25, 0.3) is 5.91 Å². The Morgan fingerprint density at radius 1 is 1.05 bits per heavy atom. The van der Waals surface area contributed by atoms with Crippen LogP contribution in [0.1, 0.15) is 28.9 Å². The standard InChI is InChI=1S/C28H24N6O3S/c1-2-22(35)31-17-8-9-18(14-17)32-26(36)25-24-23-21(11-13-30-27(23)38-25)34(28(37)33-24)19-10-12-29-20(15-19)16-6-4-3-5-7-16/h2-7,10-13,15,17-18H,1,8-9,14H2,(H,31,35)(H,32,36)(H,33,37)/t17-,18+/m0/s1. The lowest BCUT2D eigenvalue weighted by Crippen LogP contribution is -2.37. The Morgan fingerprint density at radius 3 is 2.61 bits per heavy atom. The average Bonchev–Trinajstić information content (AvgIpc) is 3.54. The molecule has 0 radical (unpaired) electrons. The van der Waals surface area contributed by atoms with Gasteiger partial charge >= 0.3 is 6.03 Å². The smallest absolute Gasteiger partial charge is 0.331 e. The van der Waals surface area contributed by atoms with Crippen molar-refractivity contribution in [2.24, 2.45) is 0 Å². The first kappa shape index (κ1) is 23.8. The number of pyridine rings is 2. The molecule has 6 rings (SSSR count). The van der Waals surface area contributed by atoms with Crippen molar-refractivity contribution in [3.8, 4) is 11.3 Å². The normalized spacial score (nSPS) is 18.2. The van der Waals surface area contributed by atoms with Crippen molar-refractivity contribution in [3.05, 3.63) is 78.5 Å². The first-order valence-corrected chi connectivity index (χ1v) is 13.1. The Kier molecular flexibility index (Phi) is 6.09. The number of urea groups is 1. The van der Waals surface area contributed by atoms with Crippen LogP contribution in [0.4, 0.5) is 21.9 Å². The van der Waals surface area contributed by atoms with Gasteiger partial charge in [0.05, 0.1) is 28.1 Å². The van der Waals surface area contributed by atoms with E-state index in [1.807, 2.05) is 36.4 Å². The van der Waals surface area contributed by atoms with Crippen molar-refractivity contribution in [2.75, 3.05) is 10.2 Å². The monoisotopic (exact) mass is 524 g/mol. The summed E-state index contributed by atoms with van der Waals surface area (Å²) >= 11 is 1.25. The lowest BCUT2D eigenvalue weighted by molar-refractivity contribution is -0.117. The lowest BCUT2D eigenvalue weighted by atomic mass is 10.1. The van der Waals surface area contributed by atoms with E-state index in [4.69, 9.17) is 0 Å². The molecular weight excluding hydrogens is 500 g/mol. The van der Waals surface area contributed by atoms with E-state index in [0.29, 0.717) is 33.2 Å². The third-order valence-corrected chi connectivity index (χ3v) is 7.92. The van der Waals surface area contributed by atoms with Crippen LogP contribution < -0.4 is 20.9 Å². The molecule has 0 unspecified atom stereocenters. The summed E-state index contributed by atoms with van der Waals surface area (Å²) in [5, 5.41) is 9.62. The maximum absolute atomic E-state index is 13.4. The maximum atomic E-state index is 13.4. The zero-order chi connectivity index (χ0) is 26.2. The lowest BCUT2D eigenvalue weighted by Gasteiger charge is -2.28. The number of hydrogen-bond donors (Lipinski definition) is 3. The molecule has 0 spiro atoms. The minimum Gasteiger partial charge on any atom is -0.350 e. The molecule has 3 N–H and O–H groups in total. The van der Waals surface area contributed by atoms with Crippen LogP contribution in [-0.2, 0) is 4.79 Å². The molecule has 0 bridgehead atoms. The molecule has 1 fully saturated rings. The van der Waals surface area contributed by atoms with Gasteiger partial charge in [-0.15, -0.1) is 11.3 Å². The number of carbonyl (C=O) groups excluding carboxylic acids is 3. The number of nitrogens with zero attached hydrogens (tertiary/aromatic N) is 3. The molecule has 2 atom stereocenters. The summed E-state index contributed by atoms with van der Waals surface area (Å²) in [6.45, 7) is 3.48. The number of anilines is 3. The fourth-order valence-electron chi connectivity index (χ4n) is 5.08. The summed E-state index contributed by atoms with van der Waals surface area (Å²) < 4.78 is 0. The summed E-state index contributed by atoms with van der Waals surface area (Å²) in [6, 6.07) is 14.7. The molecule has 9 nitrogen and oxygen atoms in total. The number of thiophene rings is 1. The molecule has 1 aromatic carbocycles. The SMILES string of the molecule is C=CC(=O)N[C@H]1CC[C@@H](NC(=O)c2sc3nccc4c3c2NC(=O)N4c2ccnc(-c3ccccc3)c2)C1. The van der Waals surface area contributed by atoms with Crippen molar-refractivity contribution in [2.45, 2.75) is 31.3 Å². The zero-order valence-corrected chi connectivity index (χ0v) is 21.1. The van der Waals surface area contributed by atoms with E-state index >= 15 is 0 Å². The second-order valence-electron chi connectivity index (χ2n) is 9.24. The summed E-state index contributed by atoms with van der Waals surface area (Å²) in [5.41, 5.74) is 3.47. The predicted octanol–water partition coefficient (Wildman–Crippen LogP) is 5.00. The van der Waals surface area contributed by atoms with Crippen molar-refractivity contribution in [1.82, 2.24) is 20.6 Å².